The summed E-state index contributed by atoms with van der Waals surface area (Å²) < 4.78 is 5.18. The number of methoxy groups -OCH3 is 1. The molecular formula is C15H22N2O3. The van der Waals surface area contributed by atoms with Gasteiger partial charge >= 0.3 is 5.97 Å². The summed E-state index contributed by atoms with van der Waals surface area (Å²) in [6, 6.07) is 7.05. The Morgan fingerprint density at radius 1 is 1.30 bits per heavy atom. The second-order valence-corrected chi connectivity index (χ2v) is 5.21. The van der Waals surface area contributed by atoms with E-state index in [0.29, 0.717) is 6.61 Å². The Balaban J connectivity index is 2.27. The number of carbonyl (C=O) groups is 1. The molecule has 2 rings (SSSR count). The Morgan fingerprint density at radius 3 is 2.55 bits per heavy atom. The quantitative estimate of drug-likeness (QED) is 0.877. The zero-order valence-corrected chi connectivity index (χ0v) is 12.1. The van der Waals surface area contributed by atoms with Crippen molar-refractivity contribution < 1.29 is 14.6 Å². The van der Waals surface area contributed by atoms with E-state index in [1.54, 1.807) is 7.11 Å². The first-order valence-electron chi connectivity index (χ1n) is 6.85. The molecule has 1 unspecified atom stereocenters. The lowest BCUT2D eigenvalue weighted by molar-refractivity contribution is -0.144. The molecule has 0 spiro atoms. The second-order valence-electron chi connectivity index (χ2n) is 5.21. The Hall–Kier alpha value is -1.43. The molecule has 1 aromatic rings. The summed E-state index contributed by atoms with van der Waals surface area (Å²) in [4.78, 5) is 16.0. The zero-order valence-electron chi connectivity index (χ0n) is 12.1. The third-order valence-corrected chi connectivity index (χ3v) is 3.79. The summed E-state index contributed by atoms with van der Waals surface area (Å²) in [6.45, 7) is 3.78. The fourth-order valence-corrected chi connectivity index (χ4v) is 2.65. The van der Waals surface area contributed by atoms with Crippen LogP contribution in [0.5, 0.6) is 0 Å². The number of carboxylic acids is 1. The maximum Gasteiger partial charge on any atom is 0.325 e. The Kier molecular flexibility index (Phi) is 5.11. The maximum absolute atomic E-state index is 11.7. The number of rotatable bonds is 5. The van der Waals surface area contributed by atoms with Crippen LogP contribution in [0.25, 0.3) is 0 Å². The van der Waals surface area contributed by atoms with Gasteiger partial charge in [-0.05, 0) is 18.2 Å². The Bertz CT molecular complexity index is 456. The maximum atomic E-state index is 11.7. The Morgan fingerprint density at radius 2 is 1.95 bits per heavy atom. The molecule has 0 radical (unpaired) electrons. The van der Waals surface area contributed by atoms with Gasteiger partial charge in [-0.3, -0.25) is 9.69 Å². The predicted molar refractivity (Wildman–Crippen MR) is 76.6 cm³/mol. The van der Waals surface area contributed by atoms with E-state index in [0.717, 1.165) is 37.3 Å². The lowest BCUT2D eigenvalue weighted by Gasteiger charge is -2.36. The molecule has 0 aromatic heterocycles. The largest absolute Gasteiger partial charge is 0.480 e. The first-order chi connectivity index (χ1) is 9.63. The van der Waals surface area contributed by atoms with Gasteiger partial charge in [-0.1, -0.05) is 24.3 Å². The highest BCUT2D eigenvalue weighted by Crippen LogP contribution is 2.26. The van der Waals surface area contributed by atoms with Gasteiger partial charge in [0.1, 0.15) is 6.04 Å². The molecule has 0 bridgehead atoms. The monoisotopic (exact) mass is 278 g/mol. The first kappa shape index (κ1) is 15.0. The minimum Gasteiger partial charge on any atom is -0.480 e. The van der Waals surface area contributed by atoms with Crippen molar-refractivity contribution >= 4 is 5.97 Å². The fourth-order valence-electron chi connectivity index (χ4n) is 2.65. The van der Waals surface area contributed by atoms with Crippen LogP contribution in [0, 0.1) is 0 Å². The van der Waals surface area contributed by atoms with Gasteiger partial charge in [-0.25, -0.2) is 0 Å². The Labute approximate surface area is 119 Å². The van der Waals surface area contributed by atoms with Gasteiger partial charge in [0.15, 0.2) is 0 Å². The summed E-state index contributed by atoms with van der Waals surface area (Å²) in [7, 11) is 3.69. The zero-order chi connectivity index (χ0) is 14.5. The van der Waals surface area contributed by atoms with Crippen LogP contribution in [0.3, 0.4) is 0 Å². The first-order valence-corrected chi connectivity index (χ1v) is 6.85. The van der Waals surface area contributed by atoms with E-state index < -0.39 is 12.0 Å². The van der Waals surface area contributed by atoms with Gasteiger partial charge in [0.05, 0.1) is 6.61 Å². The van der Waals surface area contributed by atoms with Crippen LogP contribution in [0.2, 0.25) is 0 Å². The average Bonchev–Trinajstić information content (AvgIpc) is 2.43. The van der Waals surface area contributed by atoms with Gasteiger partial charge < -0.3 is 14.7 Å². The van der Waals surface area contributed by atoms with Crippen LogP contribution in [-0.2, 0) is 16.1 Å². The van der Waals surface area contributed by atoms with E-state index in [2.05, 4.69) is 11.9 Å². The van der Waals surface area contributed by atoms with E-state index in [9.17, 15) is 9.90 Å². The smallest absolute Gasteiger partial charge is 0.325 e. The molecule has 1 heterocycles. The predicted octanol–water partition coefficient (Wildman–Crippen LogP) is 1.21. The van der Waals surface area contributed by atoms with Gasteiger partial charge in [0, 0.05) is 33.3 Å². The minimum absolute atomic E-state index is 0.438. The molecule has 5 nitrogen and oxygen atoms in total. The molecule has 1 aliphatic rings. The molecule has 1 saturated heterocycles. The molecular weight excluding hydrogens is 256 g/mol. The molecule has 0 aliphatic carbocycles. The molecule has 20 heavy (non-hydrogen) atoms. The topological polar surface area (TPSA) is 53.0 Å². The summed E-state index contributed by atoms with van der Waals surface area (Å²) in [5.74, 6) is -0.793. The molecule has 1 fully saturated rings. The number of hydrogen-bond acceptors (Lipinski definition) is 4. The van der Waals surface area contributed by atoms with Crippen molar-refractivity contribution in [3.63, 3.8) is 0 Å². The normalized spacial score (nSPS) is 18.9. The summed E-state index contributed by atoms with van der Waals surface area (Å²) in [5, 5.41) is 9.64. The van der Waals surface area contributed by atoms with E-state index in [-0.39, 0.29) is 0 Å². The molecule has 1 aliphatic heterocycles. The molecule has 0 saturated carbocycles. The van der Waals surface area contributed by atoms with Crippen molar-refractivity contribution in [2.24, 2.45) is 0 Å². The van der Waals surface area contributed by atoms with Crippen LogP contribution < -0.4 is 0 Å². The molecule has 1 N–H and O–H groups in total. The molecule has 0 amide bonds. The van der Waals surface area contributed by atoms with E-state index in [1.807, 2.05) is 29.2 Å². The standard InChI is InChI=1S/C15H22N2O3/c1-16-7-9-17(10-8-16)14(15(18)19)13-6-4-3-5-12(13)11-20-2/h3-6,14H,7-11H2,1-2H3,(H,18,19). The number of benzene rings is 1. The van der Waals surface area contributed by atoms with Crippen LogP contribution in [-0.4, -0.2) is 61.2 Å². The highest BCUT2D eigenvalue weighted by molar-refractivity contribution is 5.76. The van der Waals surface area contributed by atoms with Crippen LogP contribution in [0.15, 0.2) is 24.3 Å². The third-order valence-electron chi connectivity index (χ3n) is 3.79. The van der Waals surface area contributed by atoms with Crippen molar-refractivity contribution in [3.05, 3.63) is 35.4 Å². The highest BCUT2D eigenvalue weighted by Gasteiger charge is 2.30. The van der Waals surface area contributed by atoms with Crippen LogP contribution in [0.1, 0.15) is 17.2 Å². The molecule has 1 atom stereocenters. The average molecular weight is 278 g/mol. The SMILES string of the molecule is COCc1ccccc1C(C(=O)O)N1CCN(C)CC1. The van der Waals surface area contributed by atoms with Crippen molar-refractivity contribution in [2.45, 2.75) is 12.6 Å². The van der Waals surface area contributed by atoms with E-state index in [1.165, 1.54) is 0 Å². The van der Waals surface area contributed by atoms with Crippen molar-refractivity contribution in [1.29, 1.82) is 0 Å². The number of likely N-dealkylation sites (N-methyl/N-ethyl adjacent to an activating group) is 1. The number of carboxylic acid groups (broad SMARTS) is 1. The fraction of sp³-hybridized carbons (Fsp3) is 0.533. The second kappa shape index (κ2) is 6.83. The van der Waals surface area contributed by atoms with Gasteiger partial charge in [0.2, 0.25) is 0 Å². The molecule has 1 aromatic carbocycles. The lowest BCUT2D eigenvalue weighted by Crippen LogP contribution is -2.48. The van der Waals surface area contributed by atoms with Crippen molar-refractivity contribution in [3.8, 4) is 0 Å². The number of hydrogen-bond donors (Lipinski definition) is 1. The van der Waals surface area contributed by atoms with Crippen molar-refractivity contribution in [1.82, 2.24) is 9.80 Å². The third kappa shape index (κ3) is 3.36. The molecule has 5 heteroatoms. The summed E-state index contributed by atoms with van der Waals surface area (Å²) >= 11 is 0. The number of aliphatic carboxylic acids is 1. The number of piperazine rings is 1. The van der Waals surface area contributed by atoms with Gasteiger partial charge in [0.25, 0.3) is 0 Å². The summed E-state index contributed by atoms with van der Waals surface area (Å²) in [5.41, 5.74) is 1.78. The van der Waals surface area contributed by atoms with Gasteiger partial charge in [-0.2, -0.15) is 0 Å². The minimum atomic E-state index is -0.793. The molecule has 110 valence electrons. The number of nitrogens with zero attached hydrogens (tertiary/aromatic N) is 2. The van der Waals surface area contributed by atoms with Crippen LogP contribution in [0.4, 0.5) is 0 Å². The van der Waals surface area contributed by atoms with Crippen LogP contribution >= 0.6 is 0 Å². The van der Waals surface area contributed by atoms with Crippen molar-refractivity contribution in [2.75, 3.05) is 40.3 Å². The van der Waals surface area contributed by atoms with E-state index >= 15 is 0 Å². The lowest BCUT2D eigenvalue weighted by atomic mass is 9.98. The summed E-state index contributed by atoms with van der Waals surface area (Å²) in [6.07, 6.45) is 0. The van der Waals surface area contributed by atoms with Gasteiger partial charge in [-0.15, -0.1) is 0 Å². The highest BCUT2D eigenvalue weighted by atomic mass is 16.5. The number of ether oxygens (including phenoxy) is 1. The van der Waals surface area contributed by atoms with E-state index in [4.69, 9.17) is 4.74 Å².